The number of aryl methyl sites for hydroxylation is 1. The van der Waals surface area contributed by atoms with E-state index in [1.54, 1.807) is 18.4 Å². The van der Waals surface area contributed by atoms with E-state index in [0.717, 1.165) is 35.3 Å². The molecular weight excluding hydrogens is 284 g/mol. The van der Waals surface area contributed by atoms with Crippen LogP contribution in [0.15, 0.2) is 18.2 Å². The van der Waals surface area contributed by atoms with Gasteiger partial charge in [0.25, 0.3) is 0 Å². The summed E-state index contributed by atoms with van der Waals surface area (Å²) >= 11 is 1.70. The number of rotatable bonds is 7. The first-order chi connectivity index (χ1) is 10.1. The Bertz CT molecular complexity index is 561. The number of methoxy groups -OCH3 is 1. The molecule has 21 heavy (non-hydrogen) atoms. The van der Waals surface area contributed by atoms with E-state index in [9.17, 15) is 0 Å². The van der Waals surface area contributed by atoms with Crippen molar-refractivity contribution in [2.24, 2.45) is 0 Å². The number of ether oxygens (including phenoxy) is 1. The zero-order valence-electron chi connectivity index (χ0n) is 13.0. The first kappa shape index (κ1) is 15.9. The van der Waals surface area contributed by atoms with E-state index >= 15 is 0 Å². The monoisotopic (exact) mass is 306 g/mol. The lowest BCUT2D eigenvalue weighted by molar-refractivity contribution is 0.181. The van der Waals surface area contributed by atoms with Crippen molar-refractivity contribution in [3.63, 3.8) is 0 Å². The molecule has 1 N–H and O–H groups in total. The first-order valence-electron chi connectivity index (χ1n) is 6.89. The molecule has 114 valence electrons. The van der Waals surface area contributed by atoms with Crippen LogP contribution in [-0.4, -0.2) is 31.2 Å². The van der Waals surface area contributed by atoms with Crippen LogP contribution in [0.3, 0.4) is 0 Å². The number of anilines is 1. The van der Waals surface area contributed by atoms with Gasteiger partial charge in [-0.25, -0.2) is 4.98 Å². The van der Waals surface area contributed by atoms with Crippen molar-refractivity contribution >= 4 is 16.5 Å². The van der Waals surface area contributed by atoms with Crippen LogP contribution in [0.2, 0.25) is 0 Å². The Kier molecular flexibility index (Phi) is 5.67. The highest BCUT2D eigenvalue weighted by molar-refractivity contribution is 7.15. The molecule has 6 heteroatoms. The summed E-state index contributed by atoms with van der Waals surface area (Å²) in [5.41, 5.74) is 3.10. The minimum Gasteiger partial charge on any atom is -0.378 e. The summed E-state index contributed by atoms with van der Waals surface area (Å²) in [5.74, 6) is 0. The van der Waals surface area contributed by atoms with Crippen molar-refractivity contribution < 1.29 is 4.74 Å². The second-order valence-corrected chi connectivity index (χ2v) is 6.02. The van der Waals surface area contributed by atoms with Gasteiger partial charge in [-0.15, -0.1) is 11.3 Å². The average molecular weight is 306 g/mol. The molecule has 0 bridgehead atoms. The van der Waals surface area contributed by atoms with Gasteiger partial charge in [-0.1, -0.05) is 6.07 Å². The summed E-state index contributed by atoms with van der Waals surface area (Å²) in [6, 6.07) is 6.09. The molecule has 0 unspecified atom stereocenters. The zero-order valence-corrected chi connectivity index (χ0v) is 13.8. The van der Waals surface area contributed by atoms with E-state index in [-0.39, 0.29) is 0 Å². The van der Waals surface area contributed by atoms with Crippen LogP contribution in [0, 0.1) is 6.92 Å². The molecule has 0 aromatic carbocycles. The second-order valence-electron chi connectivity index (χ2n) is 4.96. The Labute approximate surface area is 130 Å². The Morgan fingerprint density at radius 2 is 2.14 bits per heavy atom. The maximum Gasteiger partial charge on any atom is 0.186 e. The van der Waals surface area contributed by atoms with Crippen LogP contribution >= 0.6 is 11.3 Å². The van der Waals surface area contributed by atoms with Crippen LogP contribution in [-0.2, 0) is 24.4 Å². The lowest BCUT2D eigenvalue weighted by atomic mass is 10.3. The molecule has 2 rings (SSSR count). The number of pyridine rings is 1. The third-order valence-corrected chi connectivity index (χ3v) is 4.27. The highest BCUT2D eigenvalue weighted by Gasteiger charge is 2.14. The van der Waals surface area contributed by atoms with Crippen molar-refractivity contribution in [3.05, 3.63) is 40.2 Å². The molecule has 0 aliphatic rings. The average Bonchev–Trinajstić information content (AvgIpc) is 2.83. The Morgan fingerprint density at radius 1 is 1.33 bits per heavy atom. The summed E-state index contributed by atoms with van der Waals surface area (Å²) < 4.78 is 5.23. The van der Waals surface area contributed by atoms with E-state index < -0.39 is 0 Å². The van der Waals surface area contributed by atoms with Crippen LogP contribution in [0.4, 0.5) is 5.13 Å². The minimum absolute atomic E-state index is 0.546. The van der Waals surface area contributed by atoms with Crippen LogP contribution in [0.1, 0.15) is 22.0 Å². The Balaban J connectivity index is 2.14. The van der Waals surface area contributed by atoms with Gasteiger partial charge in [0.05, 0.1) is 24.5 Å². The molecule has 0 spiro atoms. The standard InChI is InChI=1S/C15H22N4OS/c1-11-6-5-7-12(17-11)9-19(3)15-18-13(10-20-4)14(21-15)8-16-2/h5-7,16H,8-10H2,1-4H3. The number of hydrogen-bond donors (Lipinski definition) is 1. The lowest BCUT2D eigenvalue weighted by Gasteiger charge is -2.15. The van der Waals surface area contributed by atoms with Gasteiger partial charge in [-0.2, -0.15) is 0 Å². The summed E-state index contributed by atoms with van der Waals surface area (Å²) in [4.78, 5) is 12.6. The molecule has 2 aromatic rings. The molecule has 5 nitrogen and oxygen atoms in total. The number of thiazole rings is 1. The van der Waals surface area contributed by atoms with Gasteiger partial charge in [-0.05, 0) is 26.1 Å². The van der Waals surface area contributed by atoms with Crippen LogP contribution in [0.25, 0.3) is 0 Å². The molecule has 0 radical (unpaired) electrons. The molecule has 0 saturated carbocycles. The van der Waals surface area contributed by atoms with E-state index in [1.807, 2.05) is 39.2 Å². The van der Waals surface area contributed by atoms with Gasteiger partial charge >= 0.3 is 0 Å². The van der Waals surface area contributed by atoms with Gasteiger partial charge in [0.1, 0.15) is 0 Å². The van der Waals surface area contributed by atoms with Crippen LogP contribution < -0.4 is 10.2 Å². The third-order valence-electron chi connectivity index (χ3n) is 3.06. The molecule has 2 aromatic heterocycles. The summed E-state index contributed by atoms with van der Waals surface area (Å²) in [6.07, 6.45) is 0. The summed E-state index contributed by atoms with van der Waals surface area (Å²) in [6.45, 7) is 4.12. The third kappa shape index (κ3) is 4.23. The lowest BCUT2D eigenvalue weighted by Crippen LogP contribution is -2.17. The molecule has 0 amide bonds. The second kappa shape index (κ2) is 7.49. The van der Waals surface area contributed by atoms with Crippen molar-refractivity contribution in [2.75, 3.05) is 26.1 Å². The fraction of sp³-hybridized carbons (Fsp3) is 0.467. The number of nitrogens with one attached hydrogen (secondary N) is 1. The summed E-state index contributed by atoms with van der Waals surface area (Å²) in [5, 5.41) is 4.17. The Hall–Kier alpha value is -1.50. The molecule has 0 aliphatic heterocycles. The topological polar surface area (TPSA) is 50.3 Å². The van der Waals surface area contributed by atoms with Gasteiger partial charge < -0.3 is 15.0 Å². The van der Waals surface area contributed by atoms with E-state index in [4.69, 9.17) is 4.74 Å². The van der Waals surface area contributed by atoms with Crippen molar-refractivity contribution in [2.45, 2.75) is 26.6 Å². The molecule has 0 atom stereocenters. The smallest absolute Gasteiger partial charge is 0.186 e. The SMILES string of the molecule is CNCc1sc(N(C)Cc2cccc(C)n2)nc1COC. The summed E-state index contributed by atoms with van der Waals surface area (Å²) in [7, 11) is 5.68. The molecule has 0 saturated heterocycles. The highest BCUT2D eigenvalue weighted by atomic mass is 32.1. The molecular formula is C15H22N4OS. The van der Waals surface area contributed by atoms with Crippen molar-refractivity contribution in [1.29, 1.82) is 0 Å². The highest BCUT2D eigenvalue weighted by Crippen LogP contribution is 2.27. The number of aromatic nitrogens is 2. The van der Waals surface area contributed by atoms with E-state index in [1.165, 1.54) is 4.88 Å². The first-order valence-corrected chi connectivity index (χ1v) is 7.71. The Morgan fingerprint density at radius 3 is 2.81 bits per heavy atom. The molecule has 0 aliphatic carbocycles. The molecule has 2 heterocycles. The fourth-order valence-corrected chi connectivity index (χ4v) is 3.11. The van der Waals surface area contributed by atoms with Gasteiger partial charge in [0.2, 0.25) is 0 Å². The fourth-order valence-electron chi connectivity index (χ4n) is 2.08. The normalized spacial score (nSPS) is 10.9. The van der Waals surface area contributed by atoms with Crippen molar-refractivity contribution in [1.82, 2.24) is 15.3 Å². The van der Waals surface area contributed by atoms with Crippen LogP contribution in [0.5, 0.6) is 0 Å². The predicted molar refractivity (Wildman–Crippen MR) is 86.7 cm³/mol. The zero-order chi connectivity index (χ0) is 15.2. The van der Waals surface area contributed by atoms with Gasteiger partial charge in [0, 0.05) is 31.3 Å². The largest absolute Gasteiger partial charge is 0.378 e. The quantitative estimate of drug-likeness (QED) is 0.851. The van der Waals surface area contributed by atoms with Crippen molar-refractivity contribution in [3.8, 4) is 0 Å². The maximum absolute atomic E-state index is 5.23. The number of nitrogens with zero attached hydrogens (tertiary/aromatic N) is 3. The van der Waals surface area contributed by atoms with Gasteiger partial charge in [0.15, 0.2) is 5.13 Å². The van der Waals surface area contributed by atoms with Gasteiger partial charge in [-0.3, -0.25) is 4.98 Å². The predicted octanol–water partition coefficient (Wildman–Crippen LogP) is 2.35. The van der Waals surface area contributed by atoms with E-state index in [0.29, 0.717) is 6.61 Å². The molecule has 0 fully saturated rings. The maximum atomic E-state index is 5.23. The van der Waals surface area contributed by atoms with E-state index in [2.05, 4.69) is 20.2 Å². The minimum atomic E-state index is 0.546. The number of hydrogen-bond acceptors (Lipinski definition) is 6.